The Hall–Kier alpha value is -3.32. The number of anilines is 3. The minimum Gasteiger partial charge on any atom is -0.508 e. The molecule has 1 fully saturated rings. The fraction of sp³-hybridized carbons (Fsp3) is 0.200. The molecule has 0 aliphatic carbocycles. The number of aromatic hydroxyl groups is 2. The number of nitrogens with one attached hydrogen (secondary N) is 1. The van der Waals surface area contributed by atoms with Crippen LogP contribution in [-0.2, 0) is 4.74 Å². The summed E-state index contributed by atoms with van der Waals surface area (Å²) in [6.07, 6.45) is 0. The van der Waals surface area contributed by atoms with Crippen LogP contribution in [0.15, 0.2) is 54.6 Å². The van der Waals surface area contributed by atoms with Crippen LogP contribution in [-0.4, -0.2) is 46.5 Å². The molecular weight excluding hydrogens is 344 g/mol. The predicted molar refractivity (Wildman–Crippen MR) is 104 cm³/mol. The molecule has 0 spiro atoms. The molecule has 1 saturated heterocycles. The van der Waals surface area contributed by atoms with E-state index in [0.29, 0.717) is 49.5 Å². The molecule has 1 aromatic heterocycles. The fourth-order valence-electron chi connectivity index (χ4n) is 2.93. The van der Waals surface area contributed by atoms with Crippen LogP contribution in [0.1, 0.15) is 0 Å². The van der Waals surface area contributed by atoms with Gasteiger partial charge in [0.25, 0.3) is 0 Å². The van der Waals surface area contributed by atoms with Gasteiger partial charge in [-0.2, -0.15) is 4.98 Å². The molecule has 138 valence electrons. The van der Waals surface area contributed by atoms with Crippen molar-refractivity contribution in [3.8, 4) is 22.8 Å². The van der Waals surface area contributed by atoms with Gasteiger partial charge in [-0.1, -0.05) is 24.3 Å². The number of morpholine rings is 1. The first-order chi connectivity index (χ1) is 13.2. The van der Waals surface area contributed by atoms with E-state index >= 15 is 0 Å². The summed E-state index contributed by atoms with van der Waals surface area (Å²) >= 11 is 0. The summed E-state index contributed by atoms with van der Waals surface area (Å²) in [5, 5.41) is 23.0. The molecule has 0 atom stereocenters. The molecule has 27 heavy (non-hydrogen) atoms. The zero-order valence-electron chi connectivity index (χ0n) is 14.7. The number of phenolic OH excluding ortho intramolecular Hbond substituents is 2. The summed E-state index contributed by atoms with van der Waals surface area (Å²) in [6.45, 7) is 2.67. The van der Waals surface area contributed by atoms with E-state index in [0.717, 1.165) is 5.56 Å². The molecule has 7 heteroatoms. The molecular formula is C20H20N4O3. The SMILES string of the molecule is Oc1cccc(-c2cc(Nc3ccccc3O)nc(N3CCOCC3)n2)c1. The van der Waals surface area contributed by atoms with Crippen molar-refractivity contribution >= 4 is 17.5 Å². The molecule has 0 radical (unpaired) electrons. The molecule has 0 unspecified atom stereocenters. The van der Waals surface area contributed by atoms with E-state index in [1.54, 1.807) is 42.5 Å². The number of hydrogen-bond donors (Lipinski definition) is 3. The van der Waals surface area contributed by atoms with Gasteiger partial charge in [-0.15, -0.1) is 0 Å². The van der Waals surface area contributed by atoms with Gasteiger partial charge in [0.15, 0.2) is 0 Å². The summed E-state index contributed by atoms with van der Waals surface area (Å²) in [4.78, 5) is 11.4. The number of ether oxygens (including phenoxy) is 1. The molecule has 3 aromatic rings. The molecule has 2 heterocycles. The van der Waals surface area contributed by atoms with Crippen molar-refractivity contribution in [1.82, 2.24) is 9.97 Å². The highest BCUT2D eigenvalue weighted by molar-refractivity contribution is 5.70. The molecule has 0 saturated carbocycles. The normalized spacial score (nSPS) is 14.1. The predicted octanol–water partition coefficient (Wildman–Crippen LogP) is 3.14. The number of rotatable bonds is 4. The average Bonchev–Trinajstić information content (AvgIpc) is 2.70. The van der Waals surface area contributed by atoms with Gasteiger partial charge in [-0.05, 0) is 24.3 Å². The van der Waals surface area contributed by atoms with Crippen LogP contribution in [0.3, 0.4) is 0 Å². The number of benzene rings is 2. The summed E-state index contributed by atoms with van der Waals surface area (Å²) in [6, 6.07) is 15.7. The number of nitrogens with zero attached hydrogens (tertiary/aromatic N) is 3. The van der Waals surface area contributed by atoms with Gasteiger partial charge in [0.05, 0.1) is 24.6 Å². The van der Waals surface area contributed by atoms with Crippen LogP contribution in [0.5, 0.6) is 11.5 Å². The van der Waals surface area contributed by atoms with Gasteiger partial charge in [-0.25, -0.2) is 4.98 Å². The number of phenols is 2. The topological polar surface area (TPSA) is 90.7 Å². The van der Waals surface area contributed by atoms with Gasteiger partial charge in [0.1, 0.15) is 17.3 Å². The lowest BCUT2D eigenvalue weighted by Crippen LogP contribution is -2.37. The smallest absolute Gasteiger partial charge is 0.228 e. The highest BCUT2D eigenvalue weighted by Crippen LogP contribution is 2.29. The molecule has 1 aliphatic heterocycles. The van der Waals surface area contributed by atoms with Gasteiger partial charge in [0.2, 0.25) is 5.95 Å². The second-order valence-corrected chi connectivity index (χ2v) is 6.23. The third-order valence-electron chi connectivity index (χ3n) is 4.32. The Morgan fingerprint density at radius 1 is 0.926 bits per heavy atom. The van der Waals surface area contributed by atoms with Crippen LogP contribution in [0.2, 0.25) is 0 Å². The maximum Gasteiger partial charge on any atom is 0.228 e. The summed E-state index contributed by atoms with van der Waals surface area (Å²) in [7, 11) is 0. The van der Waals surface area contributed by atoms with E-state index in [4.69, 9.17) is 4.74 Å². The standard InChI is InChI=1S/C20H20N4O3/c25-15-5-3-4-14(12-15)17-13-19(21-16-6-1-2-7-18(16)26)23-20(22-17)24-8-10-27-11-9-24/h1-7,12-13,25-26H,8-11H2,(H,21,22,23). The lowest BCUT2D eigenvalue weighted by molar-refractivity contribution is 0.122. The van der Waals surface area contributed by atoms with Crippen LogP contribution >= 0.6 is 0 Å². The van der Waals surface area contributed by atoms with Crippen LogP contribution in [0.25, 0.3) is 11.3 Å². The van der Waals surface area contributed by atoms with Crippen molar-refractivity contribution < 1.29 is 14.9 Å². The second-order valence-electron chi connectivity index (χ2n) is 6.23. The molecule has 7 nitrogen and oxygen atoms in total. The third-order valence-corrected chi connectivity index (χ3v) is 4.32. The molecule has 1 aliphatic rings. The first-order valence-corrected chi connectivity index (χ1v) is 8.75. The number of para-hydroxylation sites is 2. The van der Waals surface area contributed by atoms with E-state index in [1.807, 2.05) is 12.1 Å². The third kappa shape index (κ3) is 3.93. The monoisotopic (exact) mass is 364 g/mol. The van der Waals surface area contributed by atoms with Crippen molar-refractivity contribution in [3.05, 3.63) is 54.6 Å². The zero-order valence-corrected chi connectivity index (χ0v) is 14.7. The van der Waals surface area contributed by atoms with E-state index in [-0.39, 0.29) is 11.5 Å². The molecule has 3 N–H and O–H groups in total. The van der Waals surface area contributed by atoms with Crippen molar-refractivity contribution in [2.45, 2.75) is 0 Å². The minimum atomic E-state index is 0.142. The maximum absolute atomic E-state index is 10.0. The van der Waals surface area contributed by atoms with Crippen molar-refractivity contribution in [1.29, 1.82) is 0 Å². The largest absolute Gasteiger partial charge is 0.508 e. The Labute approximate surface area is 156 Å². The first kappa shape index (κ1) is 17.1. The van der Waals surface area contributed by atoms with Gasteiger partial charge < -0.3 is 25.2 Å². The lowest BCUT2D eigenvalue weighted by atomic mass is 10.1. The van der Waals surface area contributed by atoms with Crippen molar-refractivity contribution in [2.75, 3.05) is 36.5 Å². The lowest BCUT2D eigenvalue weighted by Gasteiger charge is -2.27. The van der Waals surface area contributed by atoms with Crippen LogP contribution < -0.4 is 10.2 Å². The number of hydrogen-bond acceptors (Lipinski definition) is 7. The van der Waals surface area contributed by atoms with Crippen molar-refractivity contribution in [3.63, 3.8) is 0 Å². The van der Waals surface area contributed by atoms with Crippen LogP contribution in [0, 0.1) is 0 Å². The highest BCUT2D eigenvalue weighted by Gasteiger charge is 2.17. The molecule has 2 aromatic carbocycles. The fourth-order valence-corrected chi connectivity index (χ4v) is 2.93. The Morgan fingerprint density at radius 2 is 1.74 bits per heavy atom. The first-order valence-electron chi connectivity index (χ1n) is 8.75. The maximum atomic E-state index is 10.0. The Kier molecular flexibility index (Phi) is 4.76. The Bertz CT molecular complexity index is 942. The van der Waals surface area contributed by atoms with Gasteiger partial charge in [0, 0.05) is 24.7 Å². The average molecular weight is 364 g/mol. The summed E-state index contributed by atoms with van der Waals surface area (Å²) in [5.74, 6) is 1.46. The number of aromatic nitrogens is 2. The molecule has 0 bridgehead atoms. The highest BCUT2D eigenvalue weighted by atomic mass is 16.5. The van der Waals surface area contributed by atoms with Gasteiger partial charge >= 0.3 is 0 Å². The van der Waals surface area contributed by atoms with Gasteiger partial charge in [-0.3, -0.25) is 0 Å². The molecule has 0 amide bonds. The van der Waals surface area contributed by atoms with Crippen molar-refractivity contribution in [2.24, 2.45) is 0 Å². The Balaban J connectivity index is 1.75. The van der Waals surface area contributed by atoms with E-state index < -0.39 is 0 Å². The summed E-state index contributed by atoms with van der Waals surface area (Å²) in [5.41, 5.74) is 2.03. The molecule has 4 rings (SSSR count). The minimum absolute atomic E-state index is 0.142. The quantitative estimate of drug-likeness (QED) is 0.613. The Morgan fingerprint density at radius 3 is 2.52 bits per heavy atom. The van der Waals surface area contributed by atoms with E-state index in [9.17, 15) is 10.2 Å². The summed E-state index contributed by atoms with van der Waals surface area (Å²) < 4.78 is 5.41. The van der Waals surface area contributed by atoms with Crippen LogP contribution in [0.4, 0.5) is 17.5 Å². The van der Waals surface area contributed by atoms with E-state index in [2.05, 4.69) is 20.2 Å². The van der Waals surface area contributed by atoms with E-state index in [1.165, 1.54) is 0 Å². The zero-order chi connectivity index (χ0) is 18.6. The second kappa shape index (κ2) is 7.51.